The van der Waals surface area contributed by atoms with Crippen molar-refractivity contribution in [1.82, 2.24) is 0 Å². The first-order chi connectivity index (χ1) is 9.24. The molecule has 0 unspecified atom stereocenters. The summed E-state index contributed by atoms with van der Waals surface area (Å²) >= 11 is 6.22. The molecule has 0 atom stereocenters. The predicted molar refractivity (Wildman–Crippen MR) is 79.8 cm³/mol. The molecule has 2 aromatic rings. The molecule has 0 aliphatic heterocycles. The van der Waals surface area contributed by atoms with Gasteiger partial charge in [-0.05, 0) is 37.8 Å². The van der Waals surface area contributed by atoms with E-state index in [-0.39, 0.29) is 6.10 Å². The molecule has 0 amide bonds. The van der Waals surface area contributed by atoms with Crippen molar-refractivity contribution in [2.75, 3.05) is 0 Å². The van der Waals surface area contributed by atoms with Crippen LogP contribution in [0.15, 0.2) is 36.4 Å². The molecule has 0 saturated heterocycles. The number of hydrogen-bond donors (Lipinski definition) is 1. The van der Waals surface area contributed by atoms with Crippen molar-refractivity contribution in [1.29, 1.82) is 0 Å². The molecule has 100 valence electrons. The van der Waals surface area contributed by atoms with Gasteiger partial charge >= 0.3 is 0 Å². The lowest BCUT2D eigenvalue weighted by molar-refractivity contribution is 0.149. The van der Waals surface area contributed by atoms with Crippen LogP contribution < -0.4 is 10.5 Å². The van der Waals surface area contributed by atoms with Crippen molar-refractivity contribution < 1.29 is 4.74 Å². The monoisotopic (exact) mass is 275 g/mol. The van der Waals surface area contributed by atoms with E-state index in [0.29, 0.717) is 6.04 Å². The van der Waals surface area contributed by atoms with Gasteiger partial charge < -0.3 is 10.5 Å². The maximum absolute atomic E-state index is 6.22. The molecule has 0 aromatic heterocycles. The van der Waals surface area contributed by atoms with E-state index in [1.54, 1.807) is 0 Å². The highest BCUT2D eigenvalue weighted by Gasteiger charge is 2.20. The topological polar surface area (TPSA) is 35.2 Å². The molecule has 2 aromatic carbocycles. The van der Waals surface area contributed by atoms with Crippen LogP contribution >= 0.6 is 11.6 Å². The van der Waals surface area contributed by atoms with Gasteiger partial charge in [-0.15, -0.1) is 0 Å². The molecule has 2 N–H and O–H groups in total. The molecule has 2 nitrogen and oxygen atoms in total. The van der Waals surface area contributed by atoms with E-state index in [4.69, 9.17) is 22.1 Å². The highest BCUT2D eigenvalue weighted by atomic mass is 35.5. The number of halogens is 1. The van der Waals surface area contributed by atoms with E-state index in [0.717, 1.165) is 47.2 Å². The van der Waals surface area contributed by atoms with Crippen LogP contribution in [-0.2, 0) is 0 Å². The molecule has 19 heavy (non-hydrogen) atoms. The molecular weight excluding hydrogens is 258 g/mol. The fraction of sp³-hybridized carbons (Fsp3) is 0.375. The van der Waals surface area contributed by atoms with Crippen molar-refractivity contribution >= 4 is 22.4 Å². The fourth-order valence-corrected chi connectivity index (χ4v) is 2.95. The average molecular weight is 276 g/mol. The van der Waals surface area contributed by atoms with E-state index in [1.165, 1.54) is 0 Å². The van der Waals surface area contributed by atoms with E-state index < -0.39 is 0 Å². The minimum atomic E-state index is 0.282. The zero-order valence-electron chi connectivity index (χ0n) is 10.8. The third-order valence-electron chi connectivity index (χ3n) is 3.84. The number of rotatable bonds is 2. The number of hydrogen-bond acceptors (Lipinski definition) is 2. The second-order valence-electron chi connectivity index (χ2n) is 5.25. The van der Waals surface area contributed by atoms with Crippen LogP contribution in [0.2, 0.25) is 5.02 Å². The lowest BCUT2D eigenvalue weighted by atomic mass is 9.93. The van der Waals surface area contributed by atoms with Gasteiger partial charge in [0.05, 0.1) is 6.10 Å². The van der Waals surface area contributed by atoms with Crippen LogP contribution in [0.4, 0.5) is 0 Å². The fourth-order valence-electron chi connectivity index (χ4n) is 2.72. The summed E-state index contributed by atoms with van der Waals surface area (Å²) in [6.07, 6.45) is 4.46. The minimum Gasteiger partial charge on any atom is -0.490 e. The third kappa shape index (κ3) is 2.70. The summed E-state index contributed by atoms with van der Waals surface area (Å²) in [6.45, 7) is 0. The Morgan fingerprint density at radius 2 is 1.63 bits per heavy atom. The first-order valence-corrected chi connectivity index (χ1v) is 7.21. The number of fused-ring (bicyclic) bond motifs is 1. The zero-order valence-corrected chi connectivity index (χ0v) is 11.6. The first kappa shape index (κ1) is 12.8. The highest BCUT2D eigenvalue weighted by molar-refractivity contribution is 6.35. The SMILES string of the molecule is NC1CCC(Oc2ccc(Cl)c3ccccc23)CC1. The maximum Gasteiger partial charge on any atom is 0.127 e. The summed E-state index contributed by atoms with van der Waals surface area (Å²) in [5.74, 6) is 0.931. The Balaban J connectivity index is 1.87. The van der Waals surface area contributed by atoms with Crippen molar-refractivity contribution in [3.05, 3.63) is 41.4 Å². The molecule has 1 saturated carbocycles. The molecule has 0 spiro atoms. The highest BCUT2D eigenvalue weighted by Crippen LogP contribution is 2.33. The third-order valence-corrected chi connectivity index (χ3v) is 4.17. The van der Waals surface area contributed by atoms with Gasteiger partial charge in [-0.1, -0.05) is 35.9 Å². The number of ether oxygens (including phenoxy) is 1. The summed E-state index contributed by atoms with van der Waals surface area (Å²) in [5, 5.41) is 2.91. The van der Waals surface area contributed by atoms with E-state index in [9.17, 15) is 0 Å². The Hall–Kier alpha value is -1.25. The summed E-state index contributed by atoms with van der Waals surface area (Å²) in [6, 6.07) is 12.3. The second-order valence-corrected chi connectivity index (χ2v) is 5.65. The Morgan fingerprint density at radius 1 is 0.947 bits per heavy atom. The minimum absolute atomic E-state index is 0.282. The van der Waals surface area contributed by atoms with E-state index >= 15 is 0 Å². The maximum atomic E-state index is 6.22. The van der Waals surface area contributed by atoms with Gasteiger partial charge in [-0.3, -0.25) is 0 Å². The second kappa shape index (κ2) is 5.40. The van der Waals surface area contributed by atoms with Crippen LogP contribution in [0.5, 0.6) is 5.75 Å². The number of benzene rings is 2. The molecule has 0 radical (unpaired) electrons. The Bertz CT molecular complexity index is 576. The van der Waals surface area contributed by atoms with Gasteiger partial charge in [-0.25, -0.2) is 0 Å². The summed E-state index contributed by atoms with van der Waals surface area (Å²) in [4.78, 5) is 0. The lowest BCUT2D eigenvalue weighted by Gasteiger charge is -2.27. The van der Waals surface area contributed by atoms with Crippen molar-refractivity contribution in [2.45, 2.75) is 37.8 Å². The van der Waals surface area contributed by atoms with Crippen LogP contribution in [0.1, 0.15) is 25.7 Å². The van der Waals surface area contributed by atoms with Crippen LogP contribution in [-0.4, -0.2) is 12.1 Å². The zero-order chi connectivity index (χ0) is 13.2. The summed E-state index contributed by atoms with van der Waals surface area (Å²) in [5.41, 5.74) is 5.93. The molecule has 1 aliphatic rings. The standard InChI is InChI=1S/C16H18ClNO/c17-15-9-10-16(14-4-2-1-3-13(14)15)19-12-7-5-11(18)6-8-12/h1-4,9-12H,5-8,18H2. The lowest BCUT2D eigenvalue weighted by Crippen LogP contribution is -2.31. The Labute approximate surface area is 118 Å². The van der Waals surface area contributed by atoms with E-state index in [2.05, 4.69) is 6.07 Å². The smallest absolute Gasteiger partial charge is 0.127 e. The molecule has 0 bridgehead atoms. The van der Waals surface area contributed by atoms with Crippen LogP contribution in [0.3, 0.4) is 0 Å². The molecule has 1 fully saturated rings. The molecule has 3 heteroatoms. The van der Waals surface area contributed by atoms with Gasteiger partial charge in [-0.2, -0.15) is 0 Å². The van der Waals surface area contributed by atoms with Gasteiger partial charge in [0.2, 0.25) is 0 Å². The molecule has 3 rings (SSSR count). The van der Waals surface area contributed by atoms with E-state index in [1.807, 2.05) is 30.3 Å². The first-order valence-electron chi connectivity index (χ1n) is 6.83. The van der Waals surface area contributed by atoms with Gasteiger partial charge in [0.15, 0.2) is 0 Å². The molecular formula is C16H18ClNO. The van der Waals surface area contributed by atoms with Crippen molar-refractivity contribution in [2.24, 2.45) is 5.73 Å². The van der Waals surface area contributed by atoms with Crippen LogP contribution in [0, 0.1) is 0 Å². The van der Waals surface area contributed by atoms with Crippen LogP contribution in [0.25, 0.3) is 10.8 Å². The Kier molecular flexibility index (Phi) is 3.63. The van der Waals surface area contributed by atoms with Gasteiger partial charge in [0, 0.05) is 21.8 Å². The number of nitrogens with two attached hydrogens (primary N) is 1. The molecule has 1 aliphatic carbocycles. The van der Waals surface area contributed by atoms with Crippen molar-refractivity contribution in [3.8, 4) is 5.75 Å². The normalized spacial score (nSPS) is 23.5. The average Bonchev–Trinajstić information content (AvgIpc) is 2.45. The van der Waals surface area contributed by atoms with Gasteiger partial charge in [0.25, 0.3) is 0 Å². The van der Waals surface area contributed by atoms with Crippen molar-refractivity contribution in [3.63, 3.8) is 0 Å². The molecule has 0 heterocycles. The predicted octanol–water partition coefficient (Wildman–Crippen LogP) is 4.14. The summed E-state index contributed by atoms with van der Waals surface area (Å²) in [7, 11) is 0. The van der Waals surface area contributed by atoms with Gasteiger partial charge in [0.1, 0.15) is 5.75 Å². The summed E-state index contributed by atoms with van der Waals surface area (Å²) < 4.78 is 6.16. The quantitative estimate of drug-likeness (QED) is 0.894. The largest absolute Gasteiger partial charge is 0.490 e. The Morgan fingerprint density at radius 3 is 2.37 bits per heavy atom.